The lowest BCUT2D eigenvalue weighted by atomic mass is 10.1. The molecule has 0 aromatic carbocycles. The van der Waals surface area contributed by atoms with Crippen molar-refractivity contribution in [2.45, 2.75) is 13.0 Å². The Labute approximate surface area is 90.6 Å². The molecular weight excluding hydrogens is 214 g/mol. The van der Waals surface area contributed by atoms with E-state index in [0.29, 0.717) is 0 Å². The number of aryl methyl sites for hydroxylation is 1. The van der Waals surface area contributed by atoms with Crippen LogP contribution in [0.4, 0.5) is 0 Å². The normalized spacial score (nSPS) is 13.0. The van der Waals surface area contributed by atoms with Gasteiger partial charge in [-0.1, -0.05) is 0 Å². The van der Waals surface area contributed by atoms with E-state index in [1.54, 1.807) is 22.7 Å². The second kappa shape index (κ2) is 4.18. The van der Waals surface area contributed by atoms with Crippen molar-refractivity contribution in [2.24, 2.45) is 5.84 Å². The summed E-state index contributed by atoms with van der Waals surface area (Å²) in [6.07, 6.45) is 0. The van der Waals surface area contributed by atoms with Crippen molar-refractivity contribution in [3.8, 4) is 0 Å². The molecule has 0 aliphatic carbocycles. The van der Waals surface area contributed by atoms with Crippen molar-refractivity contribution < 1.29 is 0 Å². The highest BCUT2D eigenvalue weighted by Gasteiger charge is 2.16. The highest BCUT2D eigenvalue weighted by molar-refractivity contribution is 7.08. The quantitative estimate of drug-likeness (QED) is 0.621. The number of hydrogen-bond donors (Lipinski definition) is 2. The summed E-state index contributed by atoms with van der Waals surface area (Å²) in [7, 11) is 0. The van der Waals surface area contributed by atoms with Gasteiger partial charge in [-0.15, -0.1) is 11.3 Å². The largest absolute Gasteiger partial charge is 0.271 e. The van der Waals surface area contributed by atoms with Gasteiger partial charge in [0.1, 0.15) is 0 Å². The van der Waals surface area contributed by atoms with E-state index in [1.165, 1.54) is 11.1 Å². The van der Waals surface area contributed by atoms with E-state index in [2.05, 4.69) is 28.1 Å². The Morgan fingerprint density at radius 2 is 2.21 bits per heavy atom. The molecule has 0 aliphatic rings. The summed E-state index contributed by atoms with van der Waals surface area (Å²) >= 11 is 3.27. The topological polar surface area (TPSA) is 50.9 Å². The Hall–Kier alpha value is -0.750. The number of hydrogen-bond acceptors (Lipinski definition) is 5. The van der Waals surface area contributed by atoms with Gasteiger partial charge in [0.2, 0.25) is 0 Å². The van der Waals surface area contributed by atoms with Crippen LogP contribution in [-0.4, -0.2) is 4.98 Å². The summed E-state index contributed by atoms with van der Waals surface area (Å²) in [5, 5.41) is 6.24. The number of thiophene rings is 1. The fourth-order valence-corrected chi connectivity index (χ4v) is 2.82. The van der Waals surface area contributed by atoms with Crippen LogP contribution in [0, 0.1) is 6.92 Å². The monoisotopic (exact) mass is 225 g/mol. The standard InChI is InChI=1S/C9H11N3S2/c1-6-2-13-3-7(6)9(12-10)8-4-14-5-11-8/h2-5,9,12H,10H2,1H3. The second-order valence-electron chi connectivity index (χ2n) is 3.02. The van der Waals surface area contributed by atoms with E-state index in [4.69, 9.17) is 5.84 Å². The molecule has 2 aromatic rings. The van der Waals surface area contributed by atoms with Crippen LogP contribution >= 0.6 is 22.7 Å². The van der Waals surface area contributed by atoms with Crippen molar-refractivity contribution in [2.75, 3.05) is 0 Å². The van der Waals surface area contributed by atoms with Gasteiger partial charge in [-0.05, 0) is 28.8 Å². The Morgan fingerprint density at radius 3 is 2.71 bits per heavy atom. The fourth-order valence-electron chi connectivity index (χ4n) is 1.37. The number of thiazole rings is 1. The molecule has 14 heavy (non-hydrogen) atoms. The zero-order valence-electron chi connectivity index (χ0n) is 7.73. The fraction of sp³-hybridized carbons (Fsp3) is 0.222. The first-order chi connectivity index (χ1) is 6.83. The van der Waals surface area contributed by atoms with Crippen molar-refractivity contribution in [3.05, 3.63) is 38.5 Å². The van der Waals surface area contributed by atoms with E-state index >= 15 is 0 Å². The lowest BCUT2D eigenvalue weighted by Gasteiger charge is -2.13. The van der Waals surface area contributed by atoms with Gasteiger partial charge in [0.25, 0.3) is 0 Å². The highest BCUT2D eigenvalue weighted by atomic mass is 32.1. The van der Waals surface area contributed by atoms with Gasteiger partial charge in [-0.2, -0.15) is 11.3 Å². The maximum Gasteiger partial charge on any atom is 0.0900 e. The van der Waals surface area contributed by atoms with Crippen LogP contribution in [0.25, 0.3) is 0 Å². The average molecular weight is 225 g/mol. The minimum absolute atomic E-state index is 0.0208. The number of nitrogens with one attached hydrogen (secondary N) is 1. The summed E-state index contributed by atoms with van der Waals surface area (Å²) in [4.78, 5) is 4.27. The van der Waals surface area contributed by atoms with E-state index in [-0.39, 0.29) is 6.04 Å². The molecule has 1 atom stereocenters. The zero-order chi connectivity index (χ0) is 9.97. The van der Waals surface area contributed by atoms with Crippen molar-refractivity contribution >= 4 is 22.7 Å². The lowest BCUT2D eigenvalue weighted by molar-refractivity contribution is 0.623. The molecule has 0 spiro atoms. The third-order valence-corrected chi connectivity index (χ3v) is 3.60. The molecule has 0 saturated heterocycles. The summed E-state index contributed by atoms with van der Waals surface area (Å²) in [6, 6.07) is 0.0208. The molecule has 74 valence electrons. The summed E-state index contributed by atoms with van der Waals surface area (Å²) < 4.78 is 0. The Balaban J connectivity index is 2.36. The molecule has 0 fully saturated rings. The molecular formula is C9H11N3S2. The minimum Gasteiger partial charge on any atom is -0.271 e. The average Bonchev–Trinajstić information content (AvgIpc) is 2.80. The maximum atomic E-state index is 5.54. The van der Waals surface area contributed by atoms with Crippen LogP contribution in [0.2, 0.25) is 0 Å². The first kappa shape index (κ1) is 9.79. The molecule has 5 heteroatoms. The van der Waals surface area contributed by atoms with Crippen LogP contribution in [-0.2, 0) is 0 Å². The molecule has 0 aliphatic heterocycles. The molecule has 2 rings (SSSR count). The van der Waals surface area contributed by atoms with E-state index in [0.717, 1.165) is 5.69 Å². The summed E-state index contributed by atoms with van der Waals surface area (Å²) in [5.41, 5.74) is 8.07. The molecule has 0 bridgehead atoms. The van der Waals surface area contributed by atoms with Gasteiger partial charge in [0.05, 0.1) is 17.2 Å². The van der Waals surface area contributed by atoms with Gasteiger partial charge < -0.3 is 0 Å². The predicted molar refractivity (Wildman–Crippen MR) is 60.3 cm³/mol. The van der Waals surface area contributed by atoms with Gasteiger partial charge >= 0.3 is 0 Å². The van der Waals surface area contributed by atoms with Crippen molar-refractivity contribution in [1.29, 1.82) is 0 Å². The molecule has 1 unspecified atom stereocenters. The predicted octanol–water partition coefficient (Wildman–Crippen LogP) is 2.07. The first-order valence-electron chi connectivity index (χ1n) is 4.20. The number of rotatable bonds is 3. The van der Waals surface area contributed by atoms with Gasteiger partial charge in [-0.25, -0.2) is 10.4 Å². The number of nitrogens with zero attached hydrogens (tertiary/aromatic N) is 1. The lowest BCUT2D eigenvalue weighted by Crippen LogP contribution is -2.29. The van der Waals surface area contributed by atoms with Crippen LogP contribution in [0.1, 0.15) is 22.9 Å². The third kappa shape index (κ3) is 1.72. The summed E-state index contributed by atoms with van der Waals surface area (Å²) in [5.74, 6) is 5.54. The van der Waals surface area contributed by atoms with Gasteiger partial charge in [0, 0.05) is 5.38 Å². The zero-order valence-corrected chi connectivity index (χ0v) is 9.36. The molecule has 3 nitrogen and oxygen atoms in total. The molecule has 2 aromatic heterocycles. The molecule has 0 saturated carbocycles. The Kier molecular flexibility index (Phi) is 2.93. The third-order valence-electron chi connectivity index (χ3n) is 2.12. The Morgan fingerprint density at radius 1 is 1.36 bits per heavy atom. The number of hydrazine groups is 1. The Bertz CT molecular complexity index is 394. The molecule has 0 radical (unpaired) electrons. The molecule has 0 amide bonds. The number of nitrogens with two attached hydrogens (primary N) is 1. The van der Waals surface area contributed by atoms with Crippen molar-refractivity contribution in [3.63, 3.8) is 0 Å². The second-order valence-corrected chi connectivity index (χ2v) is 4.49. The van der Waals surface area contributed by atoms with Crippen LogP contribution < -0.4 is 11.3 Å². The van der Waals surface area contributed by atoms with Crippen molar-refractivity contribution in [1.82, 2.24) is 10.4 Å². The smallest absolute Gasteiger partial charge is 0.0900 e. The highest BCUT2D eigenvalue weighted by Crippen LogP contribution is 2.26. The van der Waals surface area contributed by atoms with E-state index < -0.39 is 0 Å². The van der Waals surface area contributed by atoms with Gasteiger partial charge in [0.15, 0.2) is 0 Å². The summed E-state index contributed by atoms with van der Waals surface area (Å²) in [6.45, 7) is 2.09. The minimum atomic E-state index is 0.0208. The number of aromatic nitrogens is 1. The van der Waals surface area contributed by atoms with E-state index in [9.17, 15) is 0 Å². The SMILES string of the molecule is Cc1cscc1C(NN)c1cscn1. The maximum absolute atomic E-state index is 5.54. The first-order valence-corrected chi connectivity index (χ1v) is 6.08. The molecule has 3 N–H and O–H groups in total. The van der Waals surface area contributed by atoms with E-state index in [1.807, 2.05) is 10.9 Å². The molecule has 2 heterocycles. The van der Waals surface area contributed by atoms with Crippen LogP contribution in [0.3, 0.4) is 0 Å². The van der Waals surface area contributed by atoms with Crippen LogP contribution in [0.5, 0.6) is 0 Å². The van der Waals surface area contributed by atoms with Crippen LogP contribution in [0.15, 0.2) is 21.7 Å². The van der Waals surface area contributed by atoms with Gasteiger partial charge in [-0.3, -0.25) is 5.84 Å².